The molecule has 0 aromatic carbocycles. The summed E-state index contributed by atoms with van der Waals surface area (Å²) in [4.78, 5) is 0. The number of alkyl halides is 4. The maximum atomic E-state index is 13.1. The van der Waals surface area contributed by atoms with Crippen LogP contribution < -0.4 is 0 Å². The van der Waals surface area contributed by atoms with Gasteiger partial charge in [-0.3, -0.25) is 0 Å². The Hall–Kier alpha value is -0.280. The predicted molar refractivity (Wildman–Crippen MR) is 49.1 cm³/mol. The van der Waals surface area contributed by atoms with Gasteiger partial charge in [0.05, 0.1) is 0 Å². The van der Waals surface area contributed by atoms with Crippen LogP contribution in [0, 0.1) is 17.8 Å². The van der Waals surface area contributed by atoms with Crippen LogP contribution in [0.15, 0.2) is 0 Å². The fourth-order valence-corrected chi connectivity index (χ4v) is 2.34. The average molecular weight is 224 g/mol. The predicted octanol–water partition coefficient (Wildman–Crippen LogP) is 4.10. The summed E-state index contributed by atoms with van der Waals surface area (Å²) in [6.07, 6.45) is 1.34. The molecule has 88 valence electrons. The maximum Gasteiger partial charge on any atom is 0.251 e. The van der Waals surface area contributed by atoms with E-state index in [1.165, 1.54) is 6.92 Å². The normalized spacial score (nSPS) is 37.8. The van der Waals surface area contributed by atoms with Gasteiger partial charge in [0.15, 0.2) is 0 Å². The molecule has 2 rings (SSSR count). The molecule has 2 aliphatic rings. The monoisotopic (exact) mass is 224 g/mol. The zero-order valence-electron chi connectivity index (χ0n) is 8.78. The van der Waals surface area contributed by atoms with Crippen LogP contribution >= 0.6 is 0 Å². The molecule has 0 aliphatic heterocycles. The third kappa shape index (κ3) is 2.28. The lowest BCUT2D eigenvalue weighted by atomic mass is 10.1. The second-order valence-corrected chi connectivity index (χ2v) is 4.96. The van der Waals surface area contributed by atoms with Crippen LogP contribution in [0.2, 0.25) is 0 Å². The molecule has 2 saturated carbocycles. The van der Waals surface area contributed by atoms with E-state index >= 15 is 0 Å². The lowest BCUT2D eigenvalue weighted by Gasteiger charge is -2.13. The van der Waals surface area contributed by atoms with Gasteiger partial charge in [0.2, 0.25) is 0 Å². The molecule has 0 heterocycles. The van der Waals surface area contributed by atoms with Crippen molar-refractivity contribution in [3.8, 4) is 0 Å². The Balaban J connectivity index is 1.68. The molecule has 0 saturated heterocycles. The van der Waals surface area contributed by atoms with E-state index in [4.69, 9.17) is 0 Å². The van der Waals surface area contributed by atoms with E-state index in [1.807, 2.05) is 0 Å². The van der Waals surface area contributed by atoms with Gasteiger partial charge in [0, 0.05) is 24.7 Å². The first kappa shape index (κ1) is 11.2. The van der Waals surface area contributed by atoms with Crippen molar-refractivity contribution in [2.75, 3.05) is 0 Å². The van der Waals surface area contributed by atoms with Crippen LogP contribution in [-0.2, 0) is 0 Å². The summed E-state index contributed by atoms with van der Waals surface area (Å²) < 4.78 is 51.3. The Morgan fingerprint density at radius 2 is 1.87 bits per heavy atom. The highest BCUT2D eigenvalue weighted by Gasteiger charge is 2.58. The Bertz CT molecular complexity index is 249. The average Bonchev–Trinajstić information content (AvgIpc) is 3.00. The zero-order valence-corrected chi connectivity index (χ0v) is 8.78. The molecule has 0 N–H and O–H groups in total. The summed E-state index contributed by atoms with van der Waals surface area (Å²) in [7, 11) is 0. The topological polar surface area (TPSA) is 0 Å². The SMILES string of the molecule is CCC(F)(F)C1CC1CCC1CC1(F)F. The first-order chi connectivity index (χ1) is 6.87. The van der Waals surface area contributed by atoms with Gasteiger partial charge in [-0.2, -0.15) is 0 Å². The van der Waals surface area contributed by atoms with Gasteiger partial charge in [-0.05, 0) is 25.2 Å². The van der Waals surface area contributed by atoms with Gasteiger partial charge in [-0.15, -0.1) is 0 Å². The molecule has 3 unspecified atom stereocenters. The van der Waals surface area contributed by atoms with Crippen molar-refractivity contribution < 1.29 is 17.6 Å². The minimum atomic E-state index is -2.57. The van der Waals surface area contributed by atoms with Crippen LogP contribution in [0.4, 0.5) is 17.6 Å². The zero-order chi connectivity index (χ0) is 11.3. The first-order valence-electron chi connectivity index (χ1n) is 5.62. The molecule has 0 aromatic heterocycles. The summed E-state index contributed by atoms with van der Waals surface area (Å²) in [6.45, 7) is 1.48. The second kappa shape index (κ2) is 3.36. The van der Waals surface area contributed by atoms with Crippen molar-refractivity contribution in [3.05, 3.63) is 0 Å². The Morgan fingerprint density at radius 1 is 1.27 bits per heavy atom. The van der Waals surface area contributed by atoms with Crippen LogP contribution in [0.5, 0.6) is 0 Å². The van der Waals surface area contributed by atoms with E-state index in [2.05, 4.69) is 0 Å². The number of rotatable bonds is 5. The van der Waals surface area contributed by atoms with Gasteiger partial charge in [0.25, 0.3) is 11.8 Å². The molecule has 3 atom stereocenters. The van der Waals surface area contributed by atoms with Crippen LogP contribution in [0.1, 0.15) is 39.0 Å². The molecule has 15 heavy (non-hydrogen) atoms. The highest BCUT2D eigenvalue weighted by atomic mass is 19.3. The van der Waals surface area contributed by atoms with E-state index in [9.17, 15) is 17.6 Å². The first-order valence-corrected chi connectivity index (χ1v) is 5.62. The molecule has 4 heteroatoms. The van der Waals surface area contributed by atoms with E-state index in [-0.39, 0.29) is 18.8 Å². The van der Waals surface area contributed by atoms with Gasteiger partial charge in [0.1, 0.15) is 0 Å². The Kier molecular flexibility index (Phi) is 2.51. The lowest BCUT2D eigenvalue weighted by molar-refractivity contribution is -0.0314. The summed E-state index contributed by atoms with van der Waals surface area (Å²) in [5, 5.41) is 0. The summed E-state index contributed by atoms with van der Waals surface area (Å²) in [5.41, 5.74) is 0. The number of halogens is 4. The second-order valence-electron chi connectivity index (χ2n) is 4.96. The summed E-state index contributed by atoms with van der Waals surface area (Å²) >= 11 is 0. The summed E-state index contributed by atoms with van der Waals surface area (Å²) in [6, 6.07) is 0. The quantitative estimate of drug-likeness (QED) is 0.617. The van der Waals surface area contributed by atoms with Crippen LogP contribution in [-0.4, -0.2) is 11.8 Å². The van der Waals surface area contributed by atoms with Crippen LogP contribution in [0.25, 0.3) is 0 Å². The smallest absolute Gasteiger partial charge is 0.207 e. The highest BCUT2D eigenvalue weighted by molar-refractivity contribution is 4.99. The van der Waals surface area contributed by atoms with Crippen molar-refractivity contribution >= 4 is 0 Å². The molecule has 0 radical (unpaired) electrons. The van der Waals surface area contributed by atoms with Gasteiger partial charge < -0.3 is 0 Å². The molecule has 0 bridgehead atoms. The minimum absolute atomic E-state index is 0.00338. The standard InChI is InChI=1S/C11H16F4/c1-2-10(12,13)9-5-7(9)3-4-8-6-11(8,14)15/h7-9H,2-6H2,1H3. The van der Waals surface area contributed by atoms with E-state index in [0.29, 0.717) is 19.3 Å². The third-order valence-corrected chi connectivity index (χ3v) is 3.78. The van der Waals surface area contributed by atoms with E-state index < -0.39 is 23.7 Å². The summed E-state index contributed by atoms with van der Waals surface area (Å²) in [5.74, 6) is -6.12. The molecule has 0 nitrogen and oxygen atoms in total. The molecule has 2 fully saturated rings. The molecule has 0 amide bonds. The van der Waals surface area contributed by atoms with E-state index in [0.717, 1.165) is 0 Å². The molecule has 0 spiro atoms. The van der Waals surface area contributed by atoms with Crippen molar-refractivity contribution in [2.24, 2.45) is 17.8 Å². The van der Waals surface area contributed by atoms with Gasteiger partial charge in [-0.1, -0.05) is 6.92 Å². The Morgan fingerprint density at radius 3 is 2.33 bits per heavy atom. The third-order valence-electron chi connectivity index (χ3n) is 3.78. The lowest BCUT2D eigenvalue weighted by Crippen LogP contribution is -2.18. The molecule has 2 aliphatic carbocycles. The van der Waals surface area contributed by atoms with E-state index in [1.54, 1.807) is 0 Å². The van der Waals surface area contributed by atoms with Crippen LogP contribution in [0.3, 0.4) is 0 Å². The van der Waals surface area contributed by atoms with Crippen molar-refractivity contribution in [1.29, 1.82) is 0 Å². The number of hydrogen-bond acceptors (Lipinski definition) is 0. The van der Waals surface area contributed by atoms with Crippen molar-refractivity contribution in [2.45, 2.75) is 50.9 Å². The fraction of sp³-hybridized carbons (Fsp3) is 1.00. The largest absolute Gasteiger partial charge is 0.251 e. The minimum Gasteiger partial charge on any atom is -0.207 e. The molecular formula is C11H16F4. The highest BCUT2D eigenvalue weighted by Crippen LogP contribution is 2.57. The Labute approximate surface area is 87.0 Å². The van der Waals surface area contributed by atoms with Crippen molar-refractivity contribution in [3.63, 3.8) is 0 Å². The molecular weight excluding hydrogens is 208 g/mol. The van der Waals surface area contributed by atoms with Gasteiger partial charge in [-0.25, -0.2) is 17.6 Å². The molecule has 0 aromatic rings. The maximum absolute atomic E-state index is 13.1. The number of hydrogen-bond donors (Lipinski definition) is 0. The fourth-order valence-electron chi connectivity index (χ4n) is 2.34. The van der Waals surface area contributed by atoms with Crippen molar-refractivity contribution in [1.82, 2.24) is 0 Å². The van der Waals surface area contributed by atoms with Gasteiger partial charge >= 0.3 is 0 Å².